The number of carbonyl (C=O) groups is 2. The molecule has 0 aromatic heterocycles. The van der Waals surface area contributed by atoms with Crippen molar-refractivity contribution in [3.8, 4) is 0 Å². The summed E-state index contributed by atoms with van der Waals surface area (Å²) in [5, 5.41) is 11.9. The number of para-hydroxylation sites is 1. The number of urea groups is 1. The maximum absolute atomic E-state index is 12.1. The van der Waals surface area contributed by atoms with Gasteiger partial charge in [0, 0.05) is 20.1 Å². The number of carbonyl (C=O) groups excluding carboxylic acids is 1. The lowest BCUT2D eigenvalue weighted by atomic mass is 10.1. The number of amides is 2. The second kappa shape index (κ2) is 8.26. The quantitative estimate of drug-likeness (QED) is 0.805. The van der Waals surface area contributed by atoms with E-state index in [9.17, 15) is 9.59 Å². The van der Waals surface area contributed by atoms with Crippen molar-refractivity contribution >= 4 is 17.7 Å². The minimum atomic E-state index is -1.05. The second-order valence-electron chi connectivity index (χ2n) is 4.64. The lowest BCUT2D eigenvalue weighted by Gasteiger charge is -2.22. The molecule has 0 aliphatic rings. The first-order chi connectivity index (χ1) is 10.0. The SMILES string of the molecule is CCN(CC)CCNC(=O)N(C)c1ccccc1C(=O)O. The standard InChI is InChI=1S/C15H23N3O3/c1-4-18(5-2)11-10-16-15(21)17(3)13-9-7-6-8-12(13)14(19)20/h6-9H,4-5,10-11H2,1-3H3,(H,16,21)(H,19,20). The molecule has 1 rings (SSSR count). The Bertz CT molecular complexity index is 487. The average Bonchev–Trinajstić information content (AvgIpc) is 2.50. The minimum Gasteiger partial charge on any atom is -0.478 e. The summed E-state index contributed by atoms with van der Waals surface area (Å²) >= 11 is 0. The predicted octanol–water partition coefficient (Wildman–Crippen LogP) is 1.87. The van der Waals surface area contributed by atoms with Crippen molar-refractivity contribution in [2.75, 3.05) is 38.1 Å². The van der Waals surface area contributed by atoms with Crippen molar-refractivity contribution in [2.45, 2.75) is 13.8 Å². The molecule has 0 aliphatic heterocycles. The Kier molecular flexibility index (Phi) is 6.68. The summed E-state index contributed by atoms with van der Waals surface area (Å²) in [6, 6.07) is 6.14. The van der Waals surface area contributed by atoms with Crippen LogP contribution < -0.4 is 10.2 Å². The number of anilines is 1. The molecule has 0 atom stereocenters. The molecule has 2 amide bonds. The summed E-state index contributed by atoms with van der Waals surface area (Å²) in [7, 11) is 1.56. The van der Waals surface area contributed by atoms with E-state index in [1.165, 1.54) is 11.0 Å². The zero-order chi connectivity index (χ0) is 15.8. The van der Waals surface area contributed by atoms with E-state index >= 15 is 0 Å². The summed E-state index contributed by atoms with van der Waals surface area (Å²) in [6.45, 7) is 7.31. The van der Waals surface area contributed by atoms with Crippen molar-refractivity contribution in [3.05, 3.63) is 29.8 Å². The molecule has 0 saturated heterocycles. The van der Waals surface area contributed by atoms with Crippen molar-refractivity contribution in [3.63, 3.8) is 0 Å². The number of likely N-dealkylation sites (N-methyl/N-ethyl adjacent to an activating group) is 1. The summed E-state index contributed by atoms with van der Waals surface area (Å²) in [5.41, 5.74) is 0.490. The molecule has 0 aliphatic carbocycles. The number of hydrogen-bond donors (Lipinski definition) is 2. The van der Waals surface area contributed by atoms with E-state index in [0.29, 0.717) is 12.2 Å². The van der Waals surface area contributed by atoms with Gasteiger partial charge in [-0.05, 0) is 25.2 Å². The number of aromatic carboxylic acids is 1. The Balaban J connectivity index is 2.65. The van der Waals surface area contributed by atoms with Crippen LogP contribution in [0.3, 0.4) is 0 Å². The van der Waals surface area contributed by atoms with E-state index in [4.69, 9.17) is 5.11 Å². The number of carboxylic acids is 1. The maximum atomic E-state index is 12.1. The van der Waals surface area contributed by atoms with E-state index in [2.05, 4.69) is 24.1 Å². The maximum Gasteiger partial charge on any atom is 0.337 e. The molecule has 6 nitrogen and oxygen atoms in total. The highest BCUT2D eigenvalue weighted by atomic mass is 16.4. The van der Waals surface area contributed by atoms with Gasteiger partial charge in [0.1, 0.15) is 0 Å². The molecular formula is C15H23N3O3. The zero-order valence-corrected chi connectivity index (χ0v) is 12.8. The van der Waals surface area contributed by atoms with Crippen LogP contribution in [0.4, 0.5) is 10.5 Å². The van der Waals surface area contributed by atoms with Gasteiger partial charge in [0.25, 0.3) is 0 Å². The summed E-state index contributed by atoms with van der Waals surface area (Å²) in [5.74, 6) is -1.05. The molecule has 6 heteroatoms. The molecule has 0 saturated carbocycles. The van der Waals surface area contributed by atoms with Crippen molar-refractivity contribution < 1.29 is 14.7 Å². The summed E-state index contributed by atoms with van der Waals surface area (Å²) < 4.78 is 0. The highest BCUT2D eigenvalue weighted by Crippen LogP contribution is 2.18. The van der Waals surface area contributed by atoms with Gasteiger partial charge in [0.15, 0.2) is 0 Å². The van der Waals surface area contributed by atoms with Gasteiger partial charge in [-0.1, -0.05) is 26.0 Å². The van der Waals surface area contributed by atoms with Gasteiger partial charge < -0.3 is 15.3 Å². The Morgan fingerprint density at radius 2 is 1.81 bits per heavy atom. The smallest absolute Gasteiger partial charge is 0.337 e. The Hall–Kier alpha value is -2.08. The van der Waals surface area contributed by atoms with Gasteiger partial charge in [-0.25, -0.2) is 9.59 Å². The molecular weight excluding hydrogens is 270 g/mol. The number of nitrogens with one attached hydrogen (secondary N) is 1. The third-order valence-electron chi connectivity index (χ3n) is 3.40. The van der Waals surface area contributed by atoms with E-state index in [-0.39, 0.29) is 11.6 Å². The molecule has 0 fully saturated rings. The van der Waals surface area contributed by atoms with E-state index in [1.54, 1.807) is 25.2 Å². The van der Waals surface area contributed by atoms with Crippen LogP contribution in [0, 0.1) is 0 Å². The molecule has 0 bridgehead atoms. The summed E-state index contributed by atoms with van der Waals surface area (Å²) in [6.07, 6.45) is 0. The lowest BCUT2D eigenvalue weighted by Crippen LogP contribution is -2.41. The van der Waals surface area contributed by atoms with E-state index < -0.39 is 5.97 Å². The minimum absolute atomic E-state index is 0.110. The van der Waals surface area contributed by atoms with Gasteiger partial charge in [-0.2, -0.15) is 0 Å². The van der Waals surface area contributed by atoms with E-state index in [1.807, 2.05) is 0 Å². The molecule has 0 spiro atoms. The van der Waals surface area contributed by atoms with Crippen LogP contribution in [0.5, 0.6) is 0 Å². The number of benzene rings is 1. The largest absolute Gasteiger partial charge is 0.478 e. The Labute approximate surface area is 125 Å². The number of nitrogens with zero attached hydrogens (tertiary/aromatic N) is 2. The first-order valence-corrected chi connectivity index (χ1v) is 7.07. The highest BCUT2D eigenvalue weighted by molar-refractivity contribution is 6.01. The number of hydrogen-bond acceptors (Lipinski definition) is 3. The van der Waals surface area contributed by atoms with Gasteiger partial charge in [0.2, 0.25) is 0 Å². The van der Waals surface area contributed by atoms with Crippen molar-refractivity contribution in [1.82, 2.24) is 10.2 Å². The third-order valence-corrected chi connectivity index (χ3v) is 3.40. The molecule has 1 aromatic carbocycles. The number of carboxylic acid groups (broad SMARTS) is 1. The van der Waals surface area contributed by atoms with E-state index in [0.717, 1.165) is 19.6 Å². The first kappa shape index (κ1) is 17.0. The topological polar surface area (TPSA) is 72.9 Å². The fraction of sp³-hybridized carbons (Fsp3) is 0.467. The Morgan fingerprint density at radius 1 is 1.19 bits per heavy atom. The number of rotatable bonds is 7. The third kappa shape index (κ3) is 4.75. The fourth-order valence-corrected chi connectivity index (χ4v) is 2.04. The van der Waals surface area contributed by atoms with Crippen LogP contribution in [0.1, 0.15) is 24.2 Å². The lowest BCUT2D eigenvalue weighted by molar-refractivity contribution is 0.0697. The molecule has 21 heavy (non-hydrogen) atoms. The molecule has 0 heterocycles. The highest BCUT2D eigenvalue weighted by Gasteiger charge is 2.17. The first-order valence-electron chi connectivity index (χ1n) is 7.07. The monoisotopic (exact) mass is 293 g/mol. The van der Waals surface area contributed by atoms with Gasteiger partial charge in [0.05, 0.1) is 11.3 Å². The van der Waals surface area contributed by atoms with Crippen LogP contribution in [-0.2, 0) is 0 Å². The van der Waals surface area contributed by atoms with Crippen LogP contribution >= 0.6 is 0 Å². The fourth-order valence-electron chi connectivity index (χ4n) is 2.04. The molecule has 1 aromatic rings. The molecule has 2 N–H and O–H groups in total. The van der Waals surface area contributed by atoms with Gasteiger partial charge in [-0.15, -0.1) is 0 Å². The molecule has 116 valence electrons. The zero-order valence-electron chi connectivity index (χ0n) is 12.8. The average molecular weight is 293 g/mol. The normalized spacial score (nSPS) is 10.5. The van der Waals surface area contributed by atoms with Crippen molar-refractivity contribution in [1.29, 1.82) is 0 Å². The molecule has 0 radical (unpaired) electrons. The molecule has 0 unspecified atom stereocenters. The van der Waals surface area contributed by atoms with Crippen LogP contribution in [-0.4, -0.2) is 55.2 Å². The van der Waals surface area contributed by atoms with Crippen molar-refractivity contribution in [2.24, 2.45) is 0 Å². The predicted molar refractivity (Wildman–Crippen MR) is 83.0 cm³/mol. The van der Waals surface area contributed by atoms with Gasteiger partial charge >= 0.3 is 12.0 Å². The van der Waals surface area contributed by atoms with Crippen LogP contribution in [0.2, 0.25) is 0 Å². The Morgan fingerprint density at radius 3 is 2.38 bits per heavy atom. The van der Waals surface area contributed by atoms with Crippen LogP contribution in [0.15, 0.2) is 24.3 Å². The van der Waals surface area contributed by atoms with Crippen LogP contribution in [0.25, 0.3) is 0 Å². The van der Waals surface area contributed by atoms with Gasteiger partial charge in [-0.3, -0.25) is 4.90 Å². The second-order valence-corrected chi connectivity index (χ2v) is 4.64. The summed E-state index contributed by atoms with van der Waals surface area (Å²) in [4.78, 5) is 26.8.